The number of hydrogen-bond donors (Lipinski definition) is 1. The molecule has 1 amide bonds. The SMILES string of the molecule is Cc1nn([C@H](C)C(=O)NCCc2cccs2)c(=O)c2c1sc1ccccc12. The Labute approximate surface area is 164 Å². The molecule has 0 bridgehead atoms. The molecule has 0 saturated carbocycles. The topological polar surface area (TPSA) is 64.0 Å². The third-order valence-electron chi connectivity index (χ3n) is 4.60. The Balaban J connectivity index is 1.64. The molecule has 0 aliphatic rings. The summed E-state index contributed by atoms with van der Waals surface area (Å²) in [5.74, 6) is -0.195. The monoisotopic (exact) mass is 397 g/mol. The van der Waals surface area contributed by atoms with Gasteiger partial charge in [-0.1, -0.05) is 24.3 Å². The lowest BCUT2D eigenvalue weighted by Crippen LogP contribution is -2.38. The van der Waals surface area contributed by atoms with Crippen LogP contribution in [-0.2, 0) is 11.2 Å². The van der Waals surface area contributed by atoms with Crippen LogP contribution in [0, 0.1) is 6.92 Å². The normalized spacial score (nSPS) is 12.5. The van der Waals surface area contributed by atoms with Crippen molar-refractivity contribution in [1.29, 1.82) is 0 Å². The lowest BCUT2D eigenvalue weighted by atomic mass is 10.2. The van der Waals surface area contributed by atoms with Crippen LogP contribution >= 0.6 is 22.7 Å². The molecule has 0 aliphatic heterocycles. The van der Waals surface area contributed by atoms with Gasteiger partial charge in [-0.15, -0.1) is 22.7 Å². The largest absolute Gasteiger partial charge is 0.354 e. The molecule has 3 aromatic heterocycles. The summed E-state index contributed by atoms with van der Waals surface area (Å²) in [6.45, 7) is 4.14. The van der Waals surface area contributed by atoms with Crippen LogP contribution in [0.3, 0.4) is 0 Å². The van der Waals surface area contributed by atoms with E-state index in [1.807, 2.05) is 48.7 Å². The molecule has 4 aromatic rings. The van der Waals surface area contributed by atoms with Crippen molar-refractivity contribution in [2.75, 3.05) is 6.54 Å². The van der Waals surface area contributed by atoms with E-state index < -0.39 is 6.04 Å². The van der Waals surface area contributed by atoms with Gasteiger partial charge >= 0.3 is 0 Å². The molecule has 0 spiro atoms. The van der Waals surface area contributed by atoms with Crippen LogP contribution in [0.2, 0.25) is 0 Å². The first-order chi connectivity index (χ1) is 13.1. The third kappa shape index (κ3) is 3.28. The fourth-order valence-electron chi connectivity index (χ4n) is 3.16. The number of aryl methyl sites for hydroxylation is 1. The average molecular weight is 398 g/mol. The molecule has 1 atom stereocenters. The highest BCUT2D eigenvalue weighted by atomic mass is 32.1. The van der Waals surface area contributed by atoms with Crippen molar-refractivity contribution in [3.05, 3.63) is 62.7 Å². The number of nitrogens with one attached hydrogen (secondary N) is 1. The Hall–Kier alpha value is -2.51. The predicted molar refractivity (Wildman–Crippen MR) is 112 cm³/mol. The second-order valence-corrected chi connectivity index (χ2v) is 8.52. The van der Waals surface area contributed by atoms with Gasteiger partial charge in [-0.05, 0) is 37.8 Å². The van der Waals surface area contributed by atoms with E-state index in [1.165, 1.54) is 9.56 Å². The van der Waals surface area contributed by atoms with Gasteiger partial charge in [0.25, 0.3) is 5.56 Å². The van der Waals surface area contributed by atoms with Gasteiger partial charge in [0.05, 0.1) is 15.8 Å². The number of hydrogen-bond acceptors (Lipinski definition) is 5. The molecule has 0 unspecified atom stereocenters. The van der Waals surface area contributed by atoms with Crippen molar-refractivity contribution in [2.45, 2.75) is 26.3 Å². The van der Waals surface area contributed by atoms with E-state index in [4.69, 9.17) is 0 Å². The zero-order valence-electron chi connectivity index (χ0n) is 15.1. The molecule has 0 radical (unpaired) electrons. The van der Waals surface area contributed by atoms with Crippen molar-refractivity contribution in [3.63, 3.8) is 0 Å². The third-order valence-corrected chi connectivity index (χ3v) is 6.82. The van der Waals surface area contributed by atoms with Crippen molar-refractivity contribution >= 4 is 48.8 Å². The highest BCUT2D eigenvalue weighted by molar-refractivity contribution is 7.26. The van der Waals surface area contributed by atoms with E-state index in [9.17, 15) is 9.59 Å². The standard InChI is InChI=1S/C20H19N3O2S2/c1-12-18-17(15-7-3-4-8-16(15)27-18)20(25)23(22-12)13(2)19(24)21-10-9-14-6-5-11-26-14/h3-8,11,13H,9-10H2,1-2H3,(H,21,24)/t13-/m1/s1. The number of thiophene rings is 2. The molecule has 4 rings (SSSR count). The zero-order chi connectivity index (χ0) is 19.0. The molecular weight excluding hydrogens is 378 g/mol. The molecule has 138 valence electrons. The zero-order valence-corrected chi connectivity index (χ0v) is 16.7. The van der Waals surface area contributed by atoms with E-state index in [-0.39, 0.29) is 11.5 Å². The van der Waals surface area contributed by atoms with E-state index >= 15 is 0 Å². The summed E-state index contributed by atoms with van der Waals surface area (Å²) in [6.07, 6.45) is 0.783. The Morgan fingerprint density at radius 1 is 1.26 bits per heavy atom. The van der Waals surface area contributed by atoms with Crippen molar-refractivity contribution < 1.29 is 4.79 Å². The maximum Gasteiger partial charge on any atom is 0.276 e. The number of aromatic nitrogens is 2. The van der Waals surface area contributed by atoms with Gasteiger partial charge in [-0.25, -0.2) is 4.68 Å². The smallest absolute Gasteiger partial charge is 0.276 e. The minimum absolute atomic E-state index is 0.195. The summed E-state index contributed by atoms with van der Waals surface area (Å²) in [5, 5.41) is 10.9. The van der Waals surface area contributed by atoms with Gasteiger partial charge in [-0.2, -0.15) is 5.10 Å². The fraction of sp³-hybridized carbons (Fsp3) is 0.250. The number of carbonyl (C=O) groups excluding carboxylic acids is 1. The maximum atomic E-state index is 13.1. The number of carbonyl (C=O) groups is 1. The van der Waals surface area contributed by atoms with Crippen molar-refractivity contribution in [1.82, 2.24) is 15.1 Å². The lowest BCUT2D eigenvalue weighted by Gasteiger charge is -2.15. The van der Waals surface area contributed by atoms with Crippen LogP contribution < -0.4 is 10.9 Å². The molecule has 0 saturated heterocycles. The summed E-state index contributed by atoms with van der Waals surface area (Å²) in [6, 6.07) is 11.2. The first-order valence-electron chi connectivity index (χ1n) is 8.77. The number of fused-ring (bicyclic) bond motifs is 3. The summed E-state index contributed by atoms with van der Waals surface area (Å²) >= 11 is 3.24. The molecule has 7 heteroatoms. The Bertz CT molecular complexity index is 1180. The van der Waals surface area contributed by atoms with E-state index in [2.05, 4.69) is 10.4 Å². The van der Waals surface area contributed by atoms with Crippen LogP contribution in [0.1, 0.15) is 23.5 Å². The van der Waals surface area contributed by atoms with Crippen LogP contribution in [-0.4, -0.2) is 22.2 Å². The molecule has 1 aromatic carbocycles. The molecular formula is C20H19N3O2S2. The molecule has 3 heterocycles. The molecule has 0 fully saturated rings. The second kappa shape index (κ2) is 7.25. The summed E-state index contributed by atoms with van der Waals surface area (Å²) in [5.41, 5.74) is 0.554. The number of rotatable bonds is 5. The van der Waals surface area contributed by atoms with E-state index in [1.54, 1.807) is 29.6 Å². The predicted octanol–water partition coefficient (Wildman–Crippen LogP) is 3.90. The molecule has 1 N–H and O–H groups in total. The first-order valence-corrected chi connectivity index (χ1v) is 10.5. The maximum absolute atomic E-state index is 13.1. The van der Waals surface area contributed by atoms with Gasteiger partial charge in [0.1, 0.15) is 6.04 Å². The van der Waals surface area contributed by atoms with Gasteiger partial charge < -0.3 is 5.32 Å². The van der Waals surface area contributed by atoms with Crippen molar-refractivity contribution in [2.24, 2.45) is 0 Å². The highest BCUT2D eigenvalue weighted by Gasteiger charge is 2.21. The summed E-state index contributed by atoms with van der Waals surface area (Å²) in [4.78, 5) is 26.9. The van der Waals surface area contributed by atoms with Crippen LogP contribution in [0.4, 0.5) is 0 Å². The lowest BCUT2D eigenvalue weighted by molar-refractivity contribution is -0.124. The molecule has 27 heavy (non-hydrogen) atoms. The number of nitrogens with zero attached hydrogens (tertiary/aromatic N) is 2. The van der Waals surface area contributed by atoms with Crippen LogP contribution in [0.25, 0.3) is 20.2 Å². The molecule has 0 aliphatic carbocycles. The second-order valence-electron chi connectivity index (χ2n) is 6.43. The van der Waals surface area contributed by atoms with Gasteiger partial charge in [0.2, 0.25) is 5.91 Å². The fourth-order valence-corrected chi connectivity index (χ4v) is 5.01. The average Bonchev–Trinajstić information content (AvgIpc) is 3.31. The van der Waals surface area contributed by atoms with Gasteiger partial charge in [0.15, 0.2) is 0 Å². The number of benzene rings is 1. The van der Waals surface area contributed by atoms with Crippen LogP contribution in [0.15, 0.2) is 46.6 Å². The quantitative estimate of drug-likeness (QED) is 0.555. The van der Waals surface area contributed by atoms with Gasteiger partial charge in [0, 0.05) is 21.5 Å². The Kier molecular flexibility index (Phi) is 4.80. The molecule has 5 nitrogen and oxygen atoms in total. The minimum Gasteiger partial charge on any atom is -0.354 e. The number of amides is 1. The Morgan fingerprint density at radius 3 is 2.85 bits per heavy atom. The highest BCUT2D eigenvalue weighted by Crippen LogP contribution is 2.32. The summed E-state index contributed by atoms with van der Waals surface area (Å²) in [7, 11) is 0. The summed E-state index contributed by atoms with van der Waals surface area (Å²) < 4.78 is 3.26. The van der Waals surface area contributed by atoms with Crippen LogP contribution in [0.5, 0.6) is 0 Å². The van der Waals surface area contributed by atoms with E-state index in [0.717, 1.165) is 26.9 Å². The Morgan fingerprint density at radius 2 is 2.07 bits per heavy atom. The van der Waals surface area contributed by atoms with Gasteiger partial charge in [-0.3, -0.25) is 9.59 Å². The van der Waals surface area contributed by atoms with Crippen molar-refractivity contribution in [3.8, 4) is 0 Å². The van der Waals surface area contributed by atoms with E-state index in [0.29, 0.717) is 11.9 Å². The first kappa shape index (κ1) is 17.9. The minimum atomic E-state index is -0.664.